The molecule has 0 aliphatic rings. The van der Waals surface area contributed by atoms with Gasteiger partial charge in [-0.25, -0.2) is 4.57 Å². The Hall–Kier alpha value is -0.520. The summed E-state index contributed by atoms with van der Waals surface area (Å²) in [5.74, 6) is -1.79. The van der Waals surface area contributed by atoms with Crippen molar-refractivity contribution in [2.45, 2.75) is 0 Å². The lowest BCUT2D eigenvalue weighted by molar-refractivity contribution is -0.119. The topological polar surface area (TPSA) is 95.9 Å². The van der Waals surface area contributed by atoms with E-state index in [0.29, 0.717) is 0 Å². The van der Waals surface area contributed by atoms with Crippen molar-refractivity contribution in [3.8, 4) is 0 Å². The number of halogens is 2. The van der Waals surface area contributed by atoms with Crippen LogP contribution >= 0.6 is 31.0 Å². The molecular formula is C6H8Cl2NO5P. The van der Waals surface area contributed by atoms with Gasteiger partial charge >= 0.3 is 7.82 Å². The maximum Gasteiger partial charge on any atom is 0.525 e. The van der Waals surface area contributed by atoms with Gasteiger partial charge in [-0.15, -0.1) is 6.58 Å². The number of phosphoric ester groups is 1. The first-order valence-corrected chi connectivity index (χ1v) is 5.76. The van der Waals surface area contributed by atoms with E-state index < -0.39 is 24.0 Å². The number of carbonyl (C=O) groups is 1. The fourth-order valence-electron chi connectivity index (χ4n) is 0.526. The van der Waals surface area contributed by atoms with Gasteiger partial charge in [0.1, 0.15) is 0 Å². The first kappa shape index (κ1) is 14.5. The quantitative estimate of drug-likeness (QED) is 0.302. The SMILES string of the molecule is C=CCNC(=O)C(OP(=O)(O)O)=C(Cl)Cl. The largest absolute Gasteiger partial charge is 0.525 e. The zero-order chi connectivity index (χ0) is 12.1. The van der Waals surface area contributed by atoms with Crippen LogP contribution in [0.4, 0.5) is 0 Å². The van der Waals surface area contributed by atoms with E-state index >= 15 is 0 Å². The number of phosphoric acid groups is 1. The van der Waals surface area contributed by atoms with Crippen molar-refractivity contribution >= 4 is 36.9 Å². The van der Waals surface area contributed by atoms with Crippen LogP contribution in [0, 0.1) is 0 Å². The first-order chi connectivity index (χ1) is 6.78. The molecule has 0 aromatic carbocycles. The van der Waals surface area contributed by atoms with Crippen LogP contribution < -0.4 is 5.32 Å². The normalized spacial score (nSPS) is 10.4. The standard InChI is InChI=1S/C6H8Cl2NO5P/c1-2-3-9-6(10)4(5(7)8)14-15(11,12)13/h2H,1,3H2,(H,9,10)(H2,11,12,13). The number of nitrogens with one attached hydrogen (secondary N) is 1. The Kier molecular flexibility index (Phi) is 5.93. The second kappa shape index (κ2) is 6.15. The first-order valence-electron chi connectivity index (χ1n) is 3.47. The molecule has 0 aliphatic carbocycles. The molecule has 0 aromatic heterocycles. The summed E-state index contributed by atoms with van der Waals surface area (Å²) < 4.78 is 13.8. The second-order valence-corrected chi connectivity index (χ2v) is 4.28. The molecule has 0 saturated carbocycles. The number of amides is 1. The third kappa shape index (κ3) is 6.54. The van der Waals surface area contributed by atoms with E-state index in [1.165, 1.54) is 6.08 Å². The minimum atomic E-state index is -4.88. The highest BCUT2D eigenvalue weighted by Gasteiger charge is 2.25. The van der Waals surface area contributed by atoms with Gasteiger partial charge in [-0.1, -0.05) is 29.3 Å². The maximum atomic E-state index is 11.2. The van der Waals surface area contributed by atoms with E-state index in [-0.39, 0.29) is 6.54 Å². The number of carbonyl (C=O) groups excluding carboxylic acids is 1. The Balaban J connectivity index is 4.71. The van der Waals surface area contributed by atoms with Gasteiger partial charge in [0.2, 0.25) is 5.76 Å². The van der Waals surface area contributed by atoms with E-state index in [1.54, 1.807) is 0 Å². The summed E-state index contributed by atoms with van der Waals surface area (Å²) in [5.41, 5.74) is 0. The van der Waals surface area contributed by atoms with Crippen LogP contribution in [0.2, 0.25) is 0 Å². The molecule has 0 fully saturated rings. The van der Waals surface area contributed by atoms with E-state index in [1.807, 2.05) is 0 Å². The van der Waals surface area contributed by atoms with E-state index in [2.05, 4.69) is 16.4 Å². The molecule has 0 heterocycles. The van der Waals surface area contributed by atoms with Gasteiger partial charge in [-0.05, 0) is 0 Å². The Morgan fingerprint density at radius 2 is 2.07 bits per heavy atom. The minimum absolute atomic E-state index is 0.0773. The summed E-state index contributed by atoms with van der Waals surface area (Å²) in [7, 11) is -4.88. The summed E-state index contributed by atoms with van der Waals surface area (Å²) >= 11 is 10.4. The monoisotopic (exact) mass is 275 g/mol. The average molecular weight is 276 g/mol. The molecule has 0 unspecified atom stereocenters. The summed E-state index contributed by atoms with van der Waals surface area (Å²) in [6.45, 7) is 3.40. The van der Waals surface area contributed by atoms with Crippen molar-refractivity contribution in [2.75, 3.05) is 6.54 Å². The molecule has 0 atom stereocenters. The van der Waals surface area contributed by atoms with Crippen molar-refractivity contribution in [1.82, 2.24) is 5.32 Å². The molecule has 86 valence electrons. The molecule has 0 aliphatic heterocycles. The van der Waals surface area contributed by atoms with Crippen molar-refractivity contribution in [3.05, 3.63) is 22.9 Å². The van der Waals surface area contributed by atoms with Gasteiger partial charge < -0.3 is 9.84 Å². The van der Waals surface area contributed by atoms with Gasteiger partial charge in [-0.3, -0.25) is 14.6 Å². The number of hydrogen-bond donors (Lipinski definition) is 3. The van der Waals surface area contributed by atoms with Crippen LogP contribution in [-0.2, 0) is 13.9 Å². The molecule has 9 heteroatoms. The van der Waals surface area contributed by atoms with E-state index in [0.717, 1.165) is 0 Å². The van der Waals surface area contributed by atoms with Crippen molar-refractivity contribution in [3.63, 3.8) is 0 Å². The lowest BCUT2D eigenvalue weighted by Gasteiger charge is -2.10. The number of hydrogen-bond acceptors (Lipinski definition) is 3. The summed E-state index contributed by atoms with van der Waals surface area (Å²) in [4.78, 5) is 28.1. The summed E-state index contributed by atoms with van der Waals surface area (Å²) in [5, 5.41) is 2.18. The summed E-state index contributed by atoms with van der Waals surface area (Å²) in [6, 6.07) is 0. The van der Waals surface area contributed by atoms with E-state index in [4.69, 9.17) is 33.0 Å². The van der Waals surface area contributed by atoms with Crippen LogP contribution in [0.15, 0.2) is 22.9 Å². The second-order valence-electron chi connectivity index (χ2n) is 2.17. The highest BCUT2D eigenvalue weighted by Crippen LogP contribution is 2.40. The van der Waals surface area contributed by atoms with Crippen molar-refractivity contribution < 1.29 is 23.7 Å². The summed E-state index contributed by atoms with van der Waals surface area (Å²) in [6.07, 6.45) is 1.36. The zero-order valence-electron chi connectivity index (χ0n) is 7.31. The molecule has 15 heavy (non-hydrogen) atoms. The van der Waals surface area contributed by atoms with Crippen molar-refractivity contribution in [1.29, 1.82) is 0 Å². The molecule has 3 N–H and O–H groups in total. The lowest BCUT2D eigenvalue weighted by Crippen LogP contribution is -2.26. The van der Waals surface area contributed by atoms with Gasteiger partial charge in [0, 0.05) is 6.54 Å². The fourth-order valence-corrected chi connectivity index (χ4v) is 1.29. The molecular weight excluding hydrogens is 268 g/mol. The van der Waals surface area contributed by atoms with Crippen molar-refractivity contribution in [2.24, 2.45) is 0 Å². The Bertz CT molecular complexity index is 332. The highest BCUT2D eigenvalue weighted by molar-refractivity contribution is 7.46. The van der Waals surface area contributed by atoms with Crippen LogP contribution in [0.25, 0.3) is 0 Å². The molecule has 0 radical (unpaired) electrons. The van der Waals surface area contributed by atoms with Gasteiger partial charge in [0.05, 0.1) is 0 Å². The van der Waals surface area contributed by atoms with Gasteiger partial charge in [0.15, 0.2) is 4.49 Å². The smallest absolute Gasteiger partial charge is 0.396 e. The zero-order valence-corrected chi connectivity index (χ0v) is 9.72. The third-order valence-electron chi connectivity index (χ3n) is 0.995. The van der Waals surface area contributed by atoms with Gasteiger partial charge in [-0.2, -0.15) is 0 Å². The highest BCUT2D eigenvalue weighted by atomic mass is 35.5. The molecule has 0 spiro atoms. The molecule has 1 amide bonds. The molecule has 0 aromatic rings. The Morgan fingerprint density at radius 3 is 2.40 bits per heavy atom. The molecule has 0 saturated heterocycles. The van der Waals surface area contributed by atoms with Crippen LogP contribution in [0.5, 0.6) is 0 Å². The predicted molar refractivity (Wildman–Crippen MR) is 55.1 cm³/mol. The Labute approximate surface area is 95.8 Å². The fraction of sp³-hybridized carbons (Fsp3) is 0.167. The third-order valence-corrected chi connectivity index (χ3v) is 1.76. The minimum Gasteiger partial charge on any atom is -0.396 e. The Morgan fingerprint density at radius 1 is 1.53 bits per heavy atom. The lowest BCUT2D eigenvalue weighted by atomic mass is 10.5. The van der Waals surface area contributed by atoms with Crippen LogP contribution in [-0.4, -0.2) is 22.2 Å². The number of rotatable bonds is 5. The molecule has 6 nitrogen and oxygen atoms in total. The molecule has 0 bridgehead atoms. The maximum absolute atomic E-state index is 11.2. The van der Waals surface area contributed by atoms with Gasteiger partial charge in [0.25, 0.3) is 5.91 Å². The van der Waals surface area contributed by atoms with Crippen LogP contribution in [0.1, 0.15) is 0 Å². The van der Waals surface area contributed by atoms with Crippen LogP contribution in [0.3, 0.4) is 0 Å². The predicted octanol–water partition coefficient (Wildman–Crippen LogP) is 1.04. The van der Waals surface area contributed by atoms with E-state index in [9.17, 15) is 9.36 Å². The molecule has 0 rings (SSSR count). The average Bonchev–Trinajstić information content (AvgIpc) is 2.08.